The predicted octanol–water partition coefficient (Wildman–Crippen LogP) is 3.25. The highest BCUT2D eigenvalue weighted by Crippen LogP contribution is 2.72. The van der Waals surface area contributed by atoms with E-state index in [0.29, 0.717) is 23.4 Å². The van der Waals surface area contributed by atoms with Gasteiger partial charge in [0, 0.05) is 52.5 Å². The number of aliphatic hydroxyl groups is 3. The molecule has 0 radical (unpaired) electrons. The fourth-order valence-corrected chi connectivity index (χ4v) is 9.51. The Balaban J connectivity index is 1.20. The molecule has 1 saturated heterocycles. The monoisotopic (exact) mass is 624 g/mol. The average Bonchev–Trinajstić information content (AvgIpc) is 3.68. The fraction of sp³-hybridized carbons (Fsp3) is 0.529. The molecule has 7 rings (SSSR count). The molecule has 9 nitrogen and oxygen atoms in total. The highest BCUT2D eigenvalue weighted by atomic mass is 19.1. The second kappa shape index (κ2) is 10.1. The number of ketones is 2. The van der Waals surface area contributed by atoms with Crippen molar-refractivity contribution in [2.24, 2.45) is 22.7 Å². The molecular formula is C34H38F2N2O7. The number of hydrogen-bond donors (Lipinski definition) is 4. The van der Waals surface area contributed by atoms with Gasteiger partial charge in [-0.15, -0.1) is 0 Å². The smallest absolute Gasteiger partial charge is 0.193 e. The summed E-state index contributed by atoms with van der Waals surface area (Å²) < 4.78 is 48.2. The first kappa shape index (κ1) is 30.4. The van der Waals surface area contributed by atoms with Gasteiger partial charge >= 0.3 is 0 Å². The molecule has 4 fully saturated rings. The molecule has 5 aliphatic rings. The zero-order valence-electron chi connectivity index (χ0n) is 25.2. The number of rotatable bonds is 6. The standard InChI is InChI=1S/C34H38F2N2O7/c1-31-7-5-21(41)10-24(31)25(35)11-23-22-12-29-34(28(43)17-40,32(22,2)13-27(42)33(23,31)36)45-30(44-29)19-6-8-38(15-19)14-18-3-4-20(16-39)26(37)9-18/h3-10,15,22-23,25,27,29-30,39-40,42H,11-14,16-17,37H2,1-2H3/t22-,23-,25-,27-,29+,30+,31-,32-,33-,34+/m0/s1. The lowest BCUT2D eigenvalue weighted by molar-refractivity contribution is -0.235. The number of halogens is 2. The summed E-state index contributed by atoms with van der Waals surface area (Å²) in [6, 6.07) is 7.24. The molecule has 0 bridgehead atoms. The largest absolute Gasteiger partial charge is 0.398 e. The summed E-state index contributed by atoms with van der Waals surface area (Å²) in [5.41, 5.74) is 1.99. The van der Waals surface area contributed by atoms with E-state index in [1.54, 1.807) is 25.1 Å². The van der Waals surface area contributed by atoms with E-state index in [1.807, 2.05) is 23.0 Å². The molecule has 0 spiro atoms. The summed E-state index contributed by atoms with van der Waals surface area (Å²) in [6.45, 7) is 2.76. The van der Waals surface area contributed by atoms with E-state index in [0.717, 1.165) is 11.6 Å². The number of alkyl halides is 2. The normalized spacial score (nSPS) is 41.7. The minimum absolute atomic E-state index is 0.0276. The number of ether oxygens (including phenoxy) is 2. The van der Waals surface area contributed by atoms with Crippen LogP contribution in [-0.4, -0.2) is 67.7 Å². The molecule has 3 saturated carbocycles. The van der Waals surface area contributed by atoms with E-state index in [9.17, 15) is 24.9 Å². The number of allylic oxidation sites excluding steroid dienone is 4. The molecule has 1 aromatic carbocycles. The van der Waals surface area contributed by atoms with Crippen molar-refractivity contribution in [3.05, 3.63) is 77.2 Å². The van der Waals surface area contributed by atoms with Crippen LogP contribution < -0.4 is 5.73 Å². The van der Waals surface area contributed by atoms with Gasteiger partial charge in [-0.1, -0.05) is 25.1 Å². The number of nitrogens with zero attached hydrogens (tertiary/aromatic N) is 1. The number of nitrogen functional groups attached to an aromatic ring is 1. The van der Waals surface area contributed by atoms with Gasteiger partial charge in [0.15, 0.2) is 29.1 Å². The maximum absolute atomic E-state index is 17.6. The zero-order chi connectivity index (χ0) is 32.1. The third-order valence-corrected chi connectivity index (χ3v) is 11.7. The number of Topliss-reactive ketones (excluding diaryl/α,β-unsaturated/α-hetero) is 1. The number of carbonyl (C=O) groups excluding carboxylic acids is 2. The van der Waals surface area contributed by atoms with Gasteiger partial charge in [-0.25, -0.2) is 8.78 Å². The quantitative estimate of drug-likeness (QED) is 0.359. The summed E-state index contributed by atoms with van der Waals surface area (Å²) in [5.74, 6) is -2.67. The fourth-order valence-electron chi connectivity index (χ4n) is 9.51. The van der Waals surface area contributed by atoms with Gasteiger partial charge in [-0.2, -0.15) is 0 Å². The van der Waals surface area contributed by atoms with Crippen molar-refractivity contribution in [3.8, 4) is 0 Å². The third-order valence-electron chi connectivity index (χ3n) is 11.7. The van der Waals surface area contributed by atoms with E-state index >= 15 is 8.78 Å². The first-order valence-electron chi connectivity index (χ1n) is 15.4. The number of carbonyl (C=O) groups is 2. The Morgan fingerprint density at radius 1 is 1.18 bits per heavy atom. The van der Waals surface area contributed by atoms with Crippen LogP contribution >= 0.6 is 0 Å². The van der Waals surface area contributed by atoms with Gasteiger partial charge in [0.25, 0.3) is 0 Å². The molecule has 2 heterocycles. The summed E-state index contributed by atoms with van der Waals surface area (Å²) in [6.07, 6.45) is 2.06. The Labute approximate surface area is 259 Å². The first-order valence-corrected chi connectivity index (χ1v) is 15.4. The van der Waals surface area contributed by atoms with Crippen LogP contribution in [0.1, 0.15) is 56.1 Å². The Hall–Kier alpha value is -3.22. The maximum atomic E-state index is 17.6. The van der Waals surface area contributed by atoms with Gasteiger partial charge < -0.3 is 35.1 Å². The number of aliphatic hydroxyl groups excluding tert-OH is 3. The third kappa shape index (κ3) is 3.94. The lowest BCUT2D eigenvalue weighted by Crippen LogP contribution is -2.70. The molecule has 2 aromatic rings. The number of anilines is 1. The Morgan fingerprint density at radius 2 is 1.96 bits per heavy atom. The van der Waals surface area contributed by atoms with Crippen LogP contribution in [0.4, 0.5) is 14.5 Å². The number of hydrogen-bond acceptors (Lipinski definition) is 8. The van der Waals surface area contributed by atoms with Gasteiger partial charge in [0.1, 0.15) is 12.8 Å². The van der Waals surface area contributed by atoms with E-state index in [-0.39, 0.29) is 31.4 Å². The molecule has 11 heteroatoms. The molecule has 0 amide bonds. The van der Waals surface area contributed by atoms with Gasteiger partial charge in [-0.05, 0) is 67.5 Å². The summed E-state index contributed by atoms with van der Waals surface area (Å²) in [5, 5.41) is 31.2. The Kier molecular flexibility index (Phi) is 6.86. The van der Waals surface area contributed by atoms with Crippen LogP contribution in [0, 0.1) is 22.7 Å². The molecule has 240 valence electrons. The second-order valence-electron chi connectivity index (χ2n) is 13.8. The van der Waals surface area contributed by atoms with Crippen molar-refractivity contribution >= 4 is 17.3 Å². The van der Waals surface area contributed by atoms with Crippen LogP contribution in [0.15, 0.2) is 60.5 Å². The van der Waals surface area contributed by atoms with Crippen LogP contribution in [0.3, 0.4) is 0 Å². The van der Waals surface area contributed by atoms with E-state index in [1.165, 1.54) is 19.1 Å². The van der Waals surface area contributed by atoms with Crippen molar-refractivity contribution in [2.45, 2.75) is 82.2 Å². The average molecular weight is 625 g/mol. The van der Waals surface area contributed by atoms with Crippen molar-refractivity contribution < 1.29 is 43.2 Å². The maximum Gasteiger partial charge on any atom is 0.193 e. The van der Waals surface area contributed by atoms with Crippen LogP contribution in [-0.2, 0) is 32.2 Å². The van der Waals surface area contributed by atoms with E-state index < -0.39 is 76.8 Å². The molecule has 1 aromatic heterocycles. The lowest BCUT2D eigenvalue weighted by atomic mass is 9.44. The van der Waals surface area contributed by atoms with Crippen molar-refractivity contribution in [2.75, 3.05) is 12.3 Å². The van der Waals surface area contributed by atoms with Crippen molar-refractivity contribution in [3.63, 3.8) is 0 Å². The summed E-state index contributed by atoms with van der Waals surface area (Å²) >= 11 is 0. The van der Waals surface area contributed by atoms with E-state index in [2.05, 4.69) is 0 Å². The predicted molar refractivity (Wildman–Crippen MR) is 158 cm³/mol. The highest BCUT2D eigenvalue weighted by Gasteiger charge is 2.80. The van der Waals surface area contributed by atoms with E-state index in [4.69, 9.17) is 15.2 Å². The van der Waals surface area contributed by atoms with Gasteiger partial charge in [0.05, 0.1) is 18.8 Å². The topological polar surface area (TPSA) is 144 Å². The van der Waals surface area contributed by atoms with Crippen molar-refractivity contribution in [1.29, 1.82) is 0 Å². The molecule has 1 aliphatic heterocycles. The number of benzene rings is 1. The summed E-state index contributed by atoms with van der Waals surface area (Å²) in [7, 11) is 0. The molecule has 5 N–H and O–H groups in total. The molecular weight excluding hydrogens is 586 g/mol. The minimum atomic E-state index is -2.31. The SMILES string of the molecule is C[C@]12C=CC(=O)C=C1[C@@H](F)C[C@H]1[C@@H]3C[C@H]4O[C@@H](c5ccn(Cc6ccc(CO)c(N)c6)c5)O[C@@]4(C(=O)CO)[C@@]3(C)C[C@H](O)[C@@]12F. The minimum Gasteiger partial charge on any atom is -0.398 e. The molecule has 4 aliphatic carbocycles. The van der Waals surface area contributed by atoms with Crippen molar-refractivity contribution in [1.82, 2.24) is 4.57 Å². The number of fused-ring (bicyclic) bond motifs is 7. The van der Waals surface area contributed by atoms with Crippen LogP contribution in [0.5, 0.6) is 0 Å². The van der Waals surface area contributed by atoms with Crippen LogP contribution in [0.2, 0.25) is 0 Å². The second-order valence-corrected chi connectivity index (χ2v) is 13.8. The van der Waals surface area contributed by atoms with Gasteiger partial charge in [0.2, 0.25) is 0 Å². The zero-order valence-corrected chi connectivity index (χ0v) is 25.2. The molecule has 0 unspecified atom stereocenters. The summed E-state index contributed by atoms with van der Waals surface area (Å²) in [4.78, 5) is 25.8. The lowest BCUT2D eigenvalue weighted by Gasteiger charge is -2.63. The number of nitrogens with two attached hydrogens (primary N) is 1. The Morgan fingerprint density at radius 3 is 2.67 bits per heavy atom. The van der Waals surface area contributed by atoms with Gasteiger partial charge in [-0.3, -0.25) is 9.59 Å². The molecule has 45 heavy (non-hydrogen) atoms. The first-order chi connectivity index (χ1) is 21.3. The Bertz CT molecular complexity index is 1640. The van der Waals surface area contributed by atoms with Crippen LogP contribution in [0.25, 0.3) is 0 Å². The molecule has 10 atom stereocenters. The number of aromatic nitrogens is 1. The highest BCUT2D eigenvalue weighted by molar-refractivity contribution is 6.01.